The lowest BCUT2D eigenvalue weighted by Crippen LogP contribution is -2.29. The van der Waals surface area contributed by atoms with Gasteiger partial charge in [0.2, 0.25) is 5.95 Å². The fourth-order valence-electron chi connectivity index (χ4n) is 1.57. The van der Waals surface area contributed by atoms with Gasteiger partial charge in [-0.15, -0.1) is 0 Å². The molecule has 0 aliphatic carbocycles. The first-order chi connectivity index (χ1) is 9.80. The van der Waals surface area contributed by atoms with E-state index in [0.29, 0.717) is 6.07 Å². The molecule has 0 atom stereocenters. The molecular formula is C13H17FN2O5S. The van der Waals surface area contributed by atoms with Gasteiger partial charge in [0.25, 0.3) is 5.69 Å². The zero-order valence-corrected chi connectivity index (χ0v) is 13.7. The first-order valence-electron chi connectivity index (χ1n) is 6.44. The molecule has 7 nitrogen and oxygen atoms in total. The van der Waals surface area contributed by atoms with Gasteiger partial charge in [-0.1, -0.05) is 13.8 Å². The van der Waals surface area contributed by atoms with Crippen molar-refractivity contribution in [1.29, 1.82) is 0 Å². The molecule has 22 heavy (non-hydrogen) atoms. The minimum Gasteiger partial charge on any atom is -0.292 e. The van der Waals surface area contributed by atoms with E-state index >= 15 is 0 Å². The number of sulfone groups is 1. The van der Waals surface area contributed by atoms with E-state index in [1.165, 1.54) is 34.6 Å². The number of nitrogens with zero attached hydrogens (tertiary/aromatic N) is 2. The van der Waals surface area contributed by atoms with Crippen molar-refractivity contribution >= 4 is 21.3 Å². The van der Waals surface area contributed by atoms with Gasteiger partial charge in [-0.25, -0.2) is 13.4 Å². The fraction of sp³-hybridized carbons (Fsp3) is 0.538. The summed E-state index contributed by atoms with van der Waals surface area (Å²) >= 11 is 0. The second-order valence-corrected chi connectivity index (χ2v) is 8.71. The van der Waals surface area contributed by atoms with Gasteiger partial charge < -0.3 is 0 Å². The first-order valence-corrected chi connectivity index (χ1v) is 7.92. The van der Waals surface area contributed by atoms with Crippen molar-refractivity contribution < 1.29 is 22.5 Å². The summed E-state index contributed by atoms with van der Waals surface area (Å²) in [4.78, 5) is 24.4. The molecule has 0 saturated carbocycles. The van der Waals surface area contributed by atoms with Crippen molar-refractivity contribution in [2.24, 2.45) is 5.92 Å². The van der Waals surface area contributed by atoms with Crippen LogP contribution in [0.5, 0.6) is 0 Å². The van der Waals surface area contributed by atoms with E-state index in [-0.39, 0.29) is 0 Å². The molecule has 0 fully saturated rings. The second-order valence-electron chi connectivity index (χ2n) is 6.04. The lowest BCUT2D eigenvalue weighted by Gasteiger charge is -2.19. The Morgan fingerprint density at radius 1 is 1.36 bits per heavy atom. The largest absolute Gasteiger partial charge is 0.300 e. The molecule has 0 amide bonds. The summed E-state index contributed by atoms with van der Waals surface area (Å²) in [5.41, 5.74) is -1.49. The lowest BCUT2D eigenvalue weighted by molar-refractivity contribution is -0.385. The van der Waals surface area contributed by atoms with Gasteiger partial charge >= 0.3 is 0 Å². The highest BCUT2D eigenvalue weighted by Crippen LogP contribution is 2.31. The van der Waals surface area contributed by atoms with Crippen molar-refractivity contribution in [1.82, 2.24) is 4.98 Å². The fourth-order valence-corrected chi connectivity index (χ4v) is 2.77. The van der Waals surface area contributed by atoms with E-state index < -0.39 is 53.4 Å². The van der Waals surface area contributed by atoms with Crippen LogP contribution in [0.25, 0.3) is 0 Å². The molecule has 1 rings (SSSR count). The number of nitro groups is 1. The summed E-state index contributed by atoms with van der Waals surface area (Å²) in [6.07, 6.45) is 0. The Bertz CT molecular complexity index is 736. The lowest BCUT2D eigenvalue weighted by atomic mass is 10.0. The number of hydrogen-bond acceptors (Lipinski definition) is 6. The van der Waals surface area contributed by atoms with Crippen LogP contribution in [0.3, 0.4) is 0 Å². The van der Waals surface area contributed by atoms with Crippen molar-refractivity contribution in [3.63, 3.8) is 0 Å². The number of carbonyl (C=O) groups is 1. The number of hydrogen-bond donors (Lipinski definition) is 0. The molecule has 0 N–H and O–H groups in total. The molecule has 122 valence electrons. The summed E-state index contributed by atoms with van der Waals surface area (Å²) in [5.74, 6) is -2.79. The first kappa shape index (κ1) is 18.1. The number of rotatable bonds is 4. The molecule has 1 heterocycles. The van der Waals surface area contributed by atoms with Crippen LogP contribution in [0.1, 0.15) is 45.1 Å². The average Bonchev–Trinajstić information content (AvgIpc) is 2.35. The van der Waals surface area contributed by atoms with Crippen molar-refractivity contribution in [3.8, 4) is 0 Å². The summed E-state index contributed by atoms with van der Waals surface area (Å²) < 4.78 is 37.3. The van der Waals surface area contributed by atoms with Gasteiger partial charge in [0, 0.05) is 12.0 Å². The van der Waals surface area contributed by atoms with Crippen LogP contribution < -0.4 is 0 Å². The van der Waals surface area contributed by atoms with Crippen LogP contribution in [0.4, 0.5) is 10.1 Å². The topological polar surface area (TPSA) is 107 Å². The van der Waals surface area contributed by atoms with E-state index in [2.05, 4.69) is 4.98 Å². The van der Waals surface area contributed by atoms with Crippen LogP contribution in [-0.4, -0.2) is 28.9 Å². The van der Waals surface area contributed by atoms with Crippen LogP contribution in [0.15, 0.2) is 11.0 Å². The van der Waals surface area contributed by atoms with E-state index in [1.807, 2.05) is 0 Å². The second kappa shape index (κ2) is 5.71. The average molecular weight is 332 g/mol. The molecule has 0 aliphatic heterocycles. The monoisotopic (exact) mass is 332 g/mol. The Labute approximate surface area is 127 Å². The van der Waals surface area contributed by atoms with Crippen LogP contribution in [0, 0.1) is 22.0 Å². The highest BCUT2D eigenvalue weighted by molar-refractivity contribution is 7.92. The van der Waals surface area contributed by atoms with Gasteiger partial charge in [0.15, 0.2) is 21.3 Å². The Balaban J connectivity index is 3.73. The Hall–Kier alpha value is -1.90. The van der Waals surface area contributed by atoms with E-state index in [1.54, 1.807) is 0 Å². The van der Waals surface area contributed by atoms with Gasteiger partial charge in [-0.3, -0.25) is 14.9 Å². The Morgan fingerprint density at radius 3 is 2.23 bits per heavy atom. The van der Waals surface area contributed by atoms with E-state index in [4.69, 9.17) is 0 Å². The summed E-state index contributed by atoms with van der Waals surface area (Å²) in [5, 5.41) is 11.1. The van der Waals surface area contributed by atoms with Gasteiger partial charge in [-0.05, 0) is 20.8 Å². The molecule has 1 aromatic heterocycles. The predicted molar refractivity (Wildman–Crippen MR) is 77.0 cm³/mol. The minimum absolute atomic E-state index is 0.568. The highest BCUT2D eigenvalue weighted by Gasteiger charge is 2.37. The van der Waals surface area contributed by atoms with Gasteiger partial charge in [0.1, 0.15) is 4.90 Å². The third kappa shape index (κ3) is 3.13. The van der Waals surface area contributed by atoms with Crippen molar-refractivity contribution in [2.45, 2.75) is 44.3 Å². The zero-order valence-electron chi connectivity index (χ0n) is 12.9. The van der Waals surface area contributed by atoms with Crippen molar-refractivity contribution in [3.05, 3.63) is 27.8 Å². The molecule has 0 aliphatic rings. The SMILES string of the molecule is CC(C)C(=O)c1nc(F)c(S(=O)(=O)C(C)(C)C)cc1[N+](=O)[O-]. The maximum absolute atomic E-state index is 14.1. The quantitative estimate of drug-likeness (QED) is 0.363. The number of pyridine rings is 1. The summed E-state index contributed by atoms with van der Waals surface area (Å²) in [6, 6.07) is 0.568. The standard InChI is InChI=1S/C13H17FN2O5S/c1-7(2)11(17)10-8(16(18)19)6-9(12(14)15-10)22(20,21)13(3,4)5/h6-7H,1-5H3. The predicted octanol–water partition coefficient (Wildman–Crippen LogP) is 2.54. The molecule has 0 spiro atoms. The van der Waals surface area contributed by atoms with Crippen molar-refractivity contribution in [2.75, 3.05) is 0 Å². The number of aromatic nitrogens is 1. The maximum Gasteiger partial charge on any atom is 0.300 e. The number of Topliss-reactive ketones (excluding diaryl/α,β-unsaturated/α-hetero) is 1. The van der Waals surface area contributed by atoms with Gasteiger partial charge in [0.05, 0.1) is 9.67 Å². The van der Waals surface area contributed by atoms with Crippen LogP contribution in [0.2, 0.25) is 0 Å². The third-order valence-electron chi connectivity index (χ3n) is 2.97. The minimum atomic E-state index is -4.18. The highest BCUT2D eigenvalue weighted by atomic mass is 32.2. The van der Waals surface area contributed by atoms with Crippen LogP contribution >= 0.6 is 0 Å². The molecule has 0 saturated heterocycles. The zero-order chi connectivity index (χ0) is 17.5. The number of ketones is 1. The number of carbonyl (C=O) groups excluding carboxylic acids is 1. The third-order valence-corrected chi connectivity index (χ3v) is 5.45. The van der Waals surface area contributed by atoms with Crippen LogP contribution in [-0.2, 0) is 9.84 Å². The van der Waals surface area contributed by atoms with E-state index in [9.17, 15) is 27.7 Å². The number of halogens is 1. The normalized spacial score (nSPS) is 12.5. The van der Waals surface area contributed by atoms with E-state index in [0.717, 1.165) is 0 Å². The molecule has 9 heteroatoms. The Kier molecular flexibility index (Phi) is 4.71. The van der Waals surface area contributed by atoms with Gasteiger partial charge in [-0.2, -0.15) is 4.39 Å². The Morgan fingerprint density at radius 2 is 1.86 bits per heavy atom. The molecule has 0 unspecified atom stereocenters. The molecule has 0 radical (unpaired) electrons. The summed E-state index contributed by atoms with van der Waals surface area (Å²) in [6.45, 7) is 6.96. The molecule has 0 aromatic carbocycles. The summed E-state index contributed by atoms with van der Waals surface area (Å²) in [7, 11) is -4.18. The molecule has 0 bridgehead atoms. The molecule has 1 aromatic rings. The smallest absolute Gasteiger partial charge is 0.292 e. The maximum atomic E-state index is 14.1. The molecular weight excluding hydrogens is 315 g/mol.